The van der Waals surface area contributed by atoms with E-state index in [1.165, 1.54) is 25.7 Å². The predicted octanol–water partition coefficient (Wildman–Crippen LogP) is 2.93. The van der Waals surface area contributed by atoms with Crippen molar-refractivity contribution in [3.05, 3.63) is 0 Å². The van der Waals surface area contributed by atoms with E-state index in [0.717, 1.165) is 13.0 Å². The summed E-state index contributed by atoms with van der Waals surface area (Å²) in [6.45, 7) is 9.24. The number of hydrogen-bond acceptors (Lipinski definition) is 2. The molecule has 1 saturated carbocycles. The lowest BCUT2D eigenvalue weighted by atomic mass is 9.99. The van der Waals surface area contributed by atoms with Gasteiger partial charge in [0.25, 0.3) is 0 Å². The highest BCUT2D eigenvalue weighted by atomic mass is 16.2. The van der Waals surface area contributed by atoms with E-state index in [9.17, 15) is 4.79 Å². The van der Waals surface area contributed by atoms with Crippen molar-refractivity contribution in [2.75, 3.05) is 6.54 Å². The molecule has 18 heavy (non-hydrogen) atoms. The molecule has 1 aliphatic carbocycles. The van der Waals surface area contributed by atoms with Crippen LogP contribution < -0.4 is 5.73 Å². The molecular formula is C15H30N2O. The van der Waals surface area contributed by atoms with Crippen LogP contribution in [0.3, 0.4) is 0 Å². The number of nitrogens with zero attached hydrogens (tertiary/aromatic N) is 1. The van der Waals surface area contributed by atoms with Crippen LogP contribution in [0.2, 0.25) is 0 Å². The Labute approximate surface area is 112 Å². The predicted molar refractivity (Wildman–Crippen MR) is 76.3 cm³/mol. The number of hydrogen-bond donors (Lipinski definition) is 1. The fourth-order valence-corrected chi connectivity index (χ4v) is 2.64. The molecular weight excluding hydrogens is 224 g/mol. The van der Waals surface area contributed by atoms with E-state index in [0.29, 0.717) is 24.3 Å². The minimum absolute atomic E-state index is 0.241. The average Bonchev–Trinajstić information content (AvgIpc) is 2.74. The van der Waals surface area contributed by atoms with Crippen LogP contribution in [0.15, 0.2) is 0 Å². The van der Waals surface area contributed by atoms with Crippen LogP contribution in [0.25, 0.3) is 0 Å². The van der Waals surface area contributed by atoms with Crippen molar-refractivity contribution in [2.24, 2.45) is 11.7 Å². The Balaban J connectivity index is 2.55. The minimum Gasteiger partial charge on any atom is -0.339 e. The Morgan fingerprint density at radius 2 is 1.89 bits per heavy atom. The van der Waals surface area contributed by atoms with Gasteiger partial charge < -0.3 is 10.6 Å². The maximum Gasteiger partial charge on any atom is 0.222 e. The van der Waals surface area contributed by atoms with Gasteiger partial charge in [0.05, 0.1) is 0 Å². The molecule has 0 saturated heterocycles. The van der Waals surface area contributed by atoms with E-state index in [1.807, 2.05) is 13.8 Å². The first-order chi connectivity index (χ1) is 8.29. The Hall–Kier alpha value is -0.570. The molecule has 0 spiro atoms. The van der Waals surface area contributed by atoms with Crippen molar-refractivity contribution < 1.29 is 4.79 Å². The van der Waals surface area contributed by atoms with Crippen molar-refractivity contribution in [3.63, 3.8) is 0 Å². The summed E-state index contributed by atoms with van der Waals surface area (Å²) in [5.41, 5.74) is 5.73. The van der Waals surface area contributed by atoms with Crippen LogP contribution >= 0.6 is 0 Å². The second-order valence-electron chi connectivity index (χ2n) is 6.87. The summed E-state index contributed by atoms with van der Waals surface area (Å²) in [4.78, 5) is 14.5. The first-order valence-corrected chi connectivity index (χ1v) is 7.38. The van der Waals surface area contributed by atoms with Crippen LogP contribution in [0.1, 0.15) is 66.2 Å². The number of amides is 1. The zero-order valence-corrected chi connectivity index (χ0v) is 12.5. The first-order valence-electron chi connectivity index (χ1n) is 7.38. The molecule has 0 bridgehead atoms. The standard InChI is InChI=1S/C15H30N2O/c1-12(2)11-17(13-7-5-6-8-13)14(18)9-10-15(3,4)16/h12-13H,5-11,16H2,1-4H3. The van der Waals surface area contributed by atoms with Gasteiger partial charge in [0.15, 0.2) is 0 Å². The summed E-state index contributed by atoms with van der Waals surface area (Å²) in [6, 6.07) is 0.487. The first kappa shape index (κ1) is 15.5. The van der Waals surface area contributed by atoms with E-state index >= 15 is 0 Å². The normalized spacial score (nSPS) is 17.4. The molecule has 1 rings (SSSR count). The quantitative estimate of drug-likeness (QED) is 0.792. The highest BCUT2D eigenvalue weighted by molar-refractivity contribution is 5.76. The van der Waals surface area contributed by atoms with Crippen molar-refractivity contribution in [1.29, 1.82) is 0 Å². The molecule has 1 amide bonds. The molecule has 3 nitrogen and oxygen atoms in total. The van der Waals surface area contributed by atoms with Crippen molar-refractivity contribution in [1.82, 2.24) is 4.90 Å². The van der Waals surface area contributed by atoms with E-state index in [2.05, 4.69) is 18.7 Å². The summed E-state index contributed by atoms with van der Waals surface area (Å²) >= 11 is 0. The maximum absolute atomic E-state index is 12.4. The Bertz CT molecular complexity index is 262. The van der Waals surface area contributed by atoms with Crippen LogP contribution in [-0.4, -0.2) is 28.9 Å². The van der Waals surface area contributed by atoms with Gasteiger partial charge in [-0.3, -0.25) is 4.79 Å². The van der Waals surface area contributed by atoms with Crippen LogP contribution in [-0.2, 0) is 4.79 Å². The lowest BCUT2D eigenvalue weighted by Crippen LogP contribution is -2.42. The Kier molecular flexibility index (Phi) is 5.64. The lowest BCUT2D eigenvalue weighted by Gasteiger charge is -2.31. The third-order valence-electron chi connectivity index (χ3n) is 3.63. The highest BCUT2D eigenvalue weighted by Gasteiger charge is 2.27. The molecule has 2 N–H and O–H groups in total. The van der Waals surface area contributed by atoms with Gasteiger partial charge in [0, 0.05) is 24.5 Å². The molecule has 0 radical (unpaired) electrons. The smallest absolute Gasteiger partial charge is 0.222 e. The van der Waals surface area contributed by atoms with Gasteiger partial charge in [-0.2, -0.15) is 0 Å². The van der Waals surface area contributed by atoms with Gasteiger partial charge in [0.2, 0.25) is 5.91 Å². The lowest BCUT2D eigenvalue weighted by molar-refractivity contribution is -0.134. The zero-order chi connectivity index (χ0) is 13.8. The summed E-state index contributed by atoms with van der Waals surface area (Å²) < 4.78 is 0. The van der Waals surface area contributed by atoms with Gasteiger partial charge in [-0.15, -0.1) is 0 Å². The van der Waals surface area contributed by atoms with E-state index < -0.39 is 0 Å². The molecule has 106 valence electrons. The van der Waals surface area contributed by atoms with Gasteiger partial charge in [-0.1, -0.05) is 26.7 Å². The summed E-state index contributed by atoms with van der Waals surface area (Å²) in [5, 5.41) is 0. The molecule has 0 aromatic carbocycles. The summed E-state index contributed by atoms with van der Waals surface area (Å²) in [7, 11) is 0. The van der Waals surface area contributed by atoms with Gasteiger partial charge in [0.1, 0.15) is 0 Å². The highest BCUT2D eigenvalue weighted by Crippen LogP contribution is 2.25. The monoisotopic (exact) mass is 254 g/mol. The van der Waals surface area contributed by atoms with Crippen LogP contribution in [0, 0.1) is 5.92 Å². The van der Waals surface area contributed by atoms with Gasteiger partial charge in [-0.05, 0) is 39.0 Å². The fourth-order valence-electron chi connectivity index (χ4n) is 2.64. The average molecular weight is 254 g/mol. The molecule has 3 heteroatoms. The SMILES string of the molecule is CC(C)CN(C(=O)CCC(C)(C)N)C1CCCC1. The topological polar surface area (TPSA) is 46.3 Å². The molecule has 0 atom stereocenters. The second-order valence-corrected chi connectivity index (χ2v) is 6.87. The molecule has 0 heterocycles. The number of rotatable bonds is 6. The largest absolute Gasteiger partial charge is 0.339 e. The molecule has 1 aliphatic rings. The summed E-state index contributed by atoms with van der Waals surface area (Å²) in [5.74, 6) is 0.842. The third-order valence-corrected chi connectivity index (χ3v) is 3.63. The Morgan fingerprint density at radius 3 is 2.33 bits per heavy atom. The third kappa shape index (κ3) is 5.38. The number of carbonyl (C=O) groups is 1. The molecule has 0 unspecified atom stereocenters. The number of carbonyl (C=O) groups excluding carboxylic acids is 1. The molecule has 0 aromatic heterocycles. The fraction of sp³-hybridized carbons (Fsp3) is 0.933. The van der Waals surface area contributed by atoms with Crippen molar-refractivity contribution >= 4 is 5.91 Å². The van der Waals surface area contributed by atoms with Crippen molar-refractivity contribution in [2.45, 2.75) is 77.8 Å². The van der Waals surface area contributed by atoms with E-state index in [-0.39, 0.29) is 5.54 Å². The van der Waals surface area contributed by atoms with Crippen molar-refractivity contribution in [3.8, 4) is 0 Å². The Morgan fingerprint density at radius 1 is 1.33 bits per heavy atom. The maximum atomic E-state index is 12.4. The van der Waals surface area contributed by atoms with E-state index in [4.69, 9.17) is 5.73 Å². The van der Waals surface area contributed by atoms with Crippen LogP contribution in [0.4, 0.5) is 0 Å². The minimum atomic E-state index is -0.241. The van der Waals surface area contributed by atoms with Gasteiger partial charge in [-0.25, -0.2) is 0 Å². The van der Waals surface area contributed by atoms with Crippen LogP contribution in [0.5, 0.6) is 0 Å². The summed E-state index contributed by atoms with van der Waals surface area (Å²) in [6.07, 6.45) is 6.28. The van der Waals surface area contributed by atoms with Gasteiger partial charge >= 0.3 is 0 Å². The van der Waals surface area contributed by atoms with E-state index in [1.54, 1.807) is 0 Å². The number of nitrogens with two attached hydrogens (primary N) is 1. The zero-order valence-electron chi connectivity index (χ0n) is 12.5. The second kappa shape index (κ2) is 6.55. The molecule has 1 fully saturated rings. The molecule has 0 aliphatic heterocycles. The molecule has 0 aromatic rings.